The van der Waals surface area contributed by atoms with Gasteiger partial charge in [-0.25, -0.2) is 17.6 Å². The highest BCUT2D eigenvalue weighted by Gasteiger charge is 2.25. The molecule has 2 N–H and O–H groups in total. The Hall–Kier alpha value is -2.00. The van der Waals surface area contributed by atoms with Gasteiger partial charge in [-0.15, -0.1) is 12.4 Å². The van der Waals surface area contributed by atoms with Crippen molar-refractivity contribution < 1.29 is 22.3 Å². The molecule has 2 aromatic rings. The molecule has 0 bridgehead atoms. The number of nitrogens with two attached hydrogens (primary N) is 1. The summed E-state index contributed by atoms with van der Waals surface area (Å²) < 4.78 is 45.4. The van der Waals surface area contributed by atoms with Crippen LogP contribution in [0.3, 0.4) is 0 Å². The number of carbonyl (C=O) groups is 1. The fraction of sp³-hybridized carbons (Fsp3) is 0.278. The van der Waals surface area contributed by atoms with Crippen LogP contribution in [-0.4, -0.2) is 45.4 Å². The molecule has 0 aliphatic carbocycles. The average Bonchev–Trinajstić information content (AvgIpc) is 2.64. The standard InChI is InChI=1S/C18H21FN2O4S.ClH/c1-25-18(22)15-11-16(19)13-17(12-15)26(23,24)21(10-8-20)9-7-14-5-3-2-4-6-14;/h2-6,11-13H,7-10,20H2,1H3;1H. The summed E-state index contributed by atoms with van der Waals surface area (Å²) in [7, 11) is -2.87. The monoisotopic (exact) mass is 416 g/mol. The van der Waals surface area contributed by atoms with Gasteiger partial charge < -0.3 is 10.5 Å². The molecule has 0 aliphatic heterocycles. The lowest BCUT2D eigenvalue weighted by Gasteiger charge is -2.22. The van der Waals surface area contributed by atoms with E-state index >= 15 is 0 Å². The van der Waals surface area contributed by atoms with Crippen LogP contribution in [0.15, 0.2) is 53.4 Å². The van der Waals surface area contributed by atoms with Gasteiger partial charge in [0.05, 0.1) is 17.6 Å². The van der Waals surface area contributed by atoms with Crippen LogP contribution in [0.2, 0.25) is 0 Å². The van der Waals surface area contributed by atoms with Crippen molar-refractivity contribution in [3.05, 3.63) is 65.5 Å². The predicted octanol–water partition coefficient (Wildman–Crippen LogP) is 2.23. The number of halogens is 2. The summed E-state index contributed by atoms with van der Waals surface area (Å²) in [4.78, 5) is 11.3. The van der Waals surface area contributed by atoms with Gasteiger partial charge in [0.15, 0.2) is 0 Å². The van der Waals surface area contributed by atoms with Crippen LogP contribution in [0.25, 0.3) is 0 Å². The number of benzene rings is 2. The number of carbonyl (C=O) groups excluding carboxylic acids is 1. The largest absolute Gasteiger partial charge is 0.465 e. The van der Waals surface area contributed by atoms with Crippen molar-refractivity contribution >= 4 is 28.4 Å². The molecule has 0 fully saturated rings. The number of rotatable bonds is 8. The van der Waals surface area contributed by atoms with E-state index in [1.54, 1.807) is 0 Å². The summed E-state index contributed by atoms with van der Waals surface area (Å²) in [6.45, 7) is 0.389. The minimum atomic E-state index is -4.01. The summed E-state index contributed by atoms with van der Waals surface area (Å²) in [5, 5.41) is 0. The predicted molar refractivity (Wildman–Crippen MR) is 103 cm³/mol. The van der Waals surface area contributed by atoms with E-state index in [0.717, 1.165) is 30.9 Å². The Morgan fingerprint density at radius 3 is 2.41 bits per heavy atom. The molecule has 0 atom stereocenters. The maximum Gasteiger partial charge on any atom is 0.337 e. The topological polar surface area (TPSA) is 89.7 Å². The van der Waals surface area contributed by atoms with E-state index in [0.29, 0.717) is 6.42 Å². The zero-order chi connectivity index (χ0) is 19.2. The first-order valence-electron chi connectivity index (χ1n) is 8.01. The molecule has 9 heteroatoms. The van der Waals surface area contributed by atoms with E-state index in [-0.39, 0.29) is 42.5 Å². The molecule has 27 heavy (non-hydrogen) atoms. The second-order valence-corrected chi connectivity index (χ2v) is 7.53. The Morgan fingerprint density at radius 1 is 1.15 bits per heavy atom. The average molecular weight is 417 g/mol. The molecule has 2 rings (SSSR count). The molecule has 0 aromatic heterocycles. The molecule has 0 radical (unpaired) electrons. The molecule has 0 unspecified atom stereocenters. The number of sulfonamides is 1. The van der Waals surface area contributed by atoms with E-state index < -0.39 is 21.8 Å². The molecule has 0 saturated carbocycles. The van der Waals surface area contributed by atoms with Gasteiger partial charge in [-0.05, 0) is 30.2 Å². The Labute approximate surface area is 164 Å². The Balaban J connectivity index is 0.00000364. The third-order valence-electron chi connectivity index (χ3n) is 3.80. The van der Waals surface area contributed by atoms with Crippen molar-refractivity contribution in [1.29, 1.82) is 0 Å². The van der Waals surface area contributed by atoms with Crippen molar-refractivity contribution in [2.45, 2.75) is 11.3 Å². The Kier molecular flexibility index (Phi) is 8.84. The maximum absolute atomic E-state index is 13.8. The smallest absolute Gasteiger partial charge is 0.337 e. The minimum Gasteiger partial charge on any atom is -0.465 e. The normalized spacial score (nSPS) is 11.1. The van der Waals surface area contributed by atoms with Gasteiger partial charge in [0.2, 0.25) is 10.0 Å². The van der Waals surface area contributed by atoms with Gasteiger partial charge in [-0.2, -0.15) is 4.31 Å². The molecule has 0 heterocycles. The van der Waals surface area contributed by atoms with Gasteiger partial charge in [-0.1, -0.05) is 30.3 Å². The van der Waals surface area contributed by atoms with Crippen LogP contribution in [0.1, 0.15) is 15.9 Å². The summed E-state index contributed by atoms with van der Waals surface area (Å²) >= 11 is 0. The lowest BCUT2D eigenvalue weighted by molar-refractivity contribution is 0.0600. The first-order valence-corrected chi connectivity index (χ1v) is 9.45. The summed E-state index contributed by atoms with van der Waals surface area (Å²) in [5.74, 6) is -1.64. The molecule has 6 nitrogen and oxygen atoms in total. The van der Waals surface area contributed by atoms with Crippen molar-refractivity contribution in [2.75, 3.05) is 26.7 Å². The number of nitrogens with zero attached hydrogens (tertiary/aromatic N) is 1. The third-order valence-corrected chi connectivity index (χ3v) is 5.68. The summed E-state index contributed by atoms with van der Waals surface area (Å²) in [6, 6.07) is 12.3. The minimum absolute atomic E-state index is 0. The second-order valence-electron chi connectivity index (χ2n) is 5.60. The van der Waals surface area contributed by atoms with E-state index in [9.17, 15) is 17.6 Å². The van der Waals surface area contributed by atoms with E-state index in [4.69, 9.17) is 5.73 Å². The Morgan fingerprint density at radius 2 is 1.81 bits per heavy atom. The lowest BCUT2D eigenvalue weighted by atomic mass is 10.1. The molecular weight excluding hydrogens is 395 g/mol. The molecule has 0 amide bonds. The number of hydrogen-bond donors (Lipinski definition) is 1. The Bertz CT molecular complexity index is 863. The van der Waals surface area contributed by atoms with Crippen LogP contribution in [0.4, 0.5) is 4.39 Å². The third kappa shape index (κ3) is 6.00. The second kappa shape index (κ2) is 10.4. The van der Waals surface area contributed by atoms with Crippen molar-refractivity contribution in [3.8, 4) is 0 Å². The van der Waals surface area contributed by atoms with Crippen molar-refractivity contribution in [2.24, 2.45) is 5.73 Å². The molecule has 148 valence electrons. The fourth-order valence-corrected chi connectivity index (χ4v) is 4.00. The van der Waals surface area contributed by atoms with Crippen molar-refractivity contribution in [1.82, 2.24) is 4.31 Å². The maximum atomic E-state index is 13.8. The van der Waals surface area contributed by atoms with Crippen LogP contribution in [-0.2, 0) is 21.2 Å². The highest BCUT2D eigenvalue weighted by atomic mass is 35.5. The molecule has 2 aromatic carbocycles. The zero-order valence-electron chi connectivity index (χ0n) is 14.8. The highest BCUT2D eigenvalue weighted by molar-refractivity contribution is 7.89. The zero-order valence-corrected chi connectivity index (χ0v) is 16.4. The first-order chi connectivity index (χ1) is 12.4. The quantitative estimate of drug-likeness (QED) is 0.666. The van der Waals surface area contributed by atoms with Crippen LogP contribution < -0.4 is 5.73 Å². The number of ether oxygens (including phenoxy) is 1. The highest BCUT2D eigenvalue weighted by Crippen LogP contribution is 2.20. The van der Waals surface area contributed by atoms with Gasteiger partial charge in [0, 0.05) is 19.6 Å². The number of hydrogen-bond acceptors (Lipinski definition) is 5. The first kappa shape index (κ1) is 23.0. The molecule has 0 aliphatic rings. The number of esters is 1. The van der Waals surface area contributed by atoms with Gasteiger partial charge in [0.1, 0.15) is 5.82 Å². The van der Waals surface area contributed by atoms with E-state index in [1.807, 2.05) is 30.3 Å². The number of methoxy groups -OCH3 is 1. The van der Waals surface area contributed by atoms with E-state index in [2.05, 4.69) is 4.74 Å². The van der Waals surface area contributed by atoms with Gasteiger partial charge in [-0.3, -0.25) is 0 Å². The molecule has 0 spiro atoms. The van der Waals surface area contributed by atoms with Crippen LogP contribution in [0.5, 0.6) is 0 Å². The summed E-state index contributed by atoms with van der Waals surface area (Å²) in [5.41, 5.74) is 6.35. The molecular formula is C18H22ClFN2O4S. The summed E-state index contributed by atoms with van der Waals surface area (Å²) in [6.07, 6.45) is 0.485. The van der Waals surface area contributed by atoms with Crippen LogP contribution >= 0.6 is 12.4 Å². The fourth-order valence-electron chi connectivity index (χ4n) is 2.49. The molecule has 0 saturated heterocycles. The van der Waals surface area contributed by atoms with Gasteiger partial charge in [0.25, 0.3) is 0 Å². The van der Waals surface area contributed by atoms with Crippen molar-refractivity contribution in [3.63, 3.8) is 0 Å². The van der Waals surface area contributed by atoms with Gasteiger partial charge >= 0.3 is 5.97 Å². The lowest BCUT2D eigenvalue weighted by Crippen LogP contribution is -2.37. The SMILES string of the molecule is COC(=O)c1cc(F)cc(S(=O)(=O)N(CCN)CCc2ccccc2)c1.Cl. The van der Waals surface area contributed by atoms with E-state index in [1.165, 1.54) is 4.31 Å². The van der Waals surface area contributed by atoms with Crippen LogP contribution in [0, 0.1) is 5.82 Å².